The number of hydrogen-bond acceptors (Lipinski definition) is 2. The SMILES string of the molecule is CC(C)=CCC/C(C)=C/CNC(=O)OCCF. The van der Waals surface area contributed by atoms with E-state index in [9.17, 15) is 9.18 Å². The number of hydrogen-bond donors (Lipinski definition) is 1. The van der Waals surface area contributed by atoms with E-state index >= 15 is 0 Å². The summed E-state index contributed by atoms with van der Waals surface area (Å²) in [5.74, 6) is 0. The van der Waals surface area contributed by atoms with Crippen LogP contribution in [0.3, 0.4) is 0 Å². The molecule has 1 amide bonds. The molecule has 98 valence electrons. The van der Waals surface area contributed by atoms with Crippen LogP contribution in [0.1, 0.15) is 33.6 Å². The van der Waals surface area contributed by atoms with Crippen molar-refractivity contribution in [1.29, 1.82) is 0 Å². The maximum Gasteiger partial charge on any atom is 0.407 e. The number of allylic oxidation sites excluding steroid dienone is 3. The van der Waals surface area contributed by atoms with Gasteiger partial charge in [0, 0.05) is 6.54 Å². The number of carbonyl (C=O) groups excluding carboxylic acids is 1. The summed E-state index contributed by atoms with van der Waals surface area (Å²) in [6.45, 7) is 5.75. The van der Waals surface area contributed by atoms with E-state index in [-0.39, 0.29) is 6.61 Å². The molecule has 0 unspecified atom stereocenters. The predicted molar refractivity (Wildman–Crippen MR) is 67.7 cm³/mol. The molecule has 4 heteroatoms. The quantitative estimate of drug-likeness (QED) is 0.696. The van der Waals surface area contributed by atoms with Crippen molar-refractivity contribution in [2.75, 3.05) is 19.8 Å². The molecule has 0 aromatic heterocycles. The molecule has 0 spiro atoms. The van der Waals surface area contributed by atoms with Gasteiger partial charge in [-0.3, -0.25) is 0 Å². The third-order valence-corrected chi connectivity index (χ3v) is 2.10. The second-order valence-electron chi connectivity index (χ2n) is 4.08. The molecule has 0 aliphatic carbocycles. The summed E-state index contributed by atoms with van der Waals surface area (Å²) in [5.41, 5.74) is 2.53. The molecule has 0 aliphatic rings. The molecule has 0 aliphatic heterocycles. The van der Waals surface area contributed by atoms with E-state index in [1.54, 1.807) is 0 Å². The largest absolute Gasteiger partial charge is 0.447 e. The number of nitrogens with one attached hydrogen (secondary N) is 1. The highest BCUT2D eigenvalue weighted by molar-refractivity contribution is 5.67. The molecule has 0 aromatic rings. The molecular weight excluding hydrogens is 221 g/mol. The van der Waals surface area contributed by atoms with E-state index in [1.165, 1.54) is 11.1 Å². The Balaban J connectivity index is 3.69. The summed E-state index contributed by atoms with van der Waals surface area (Å²) in [4.78, 5) is 10.9. The van der Waals surface area contributed by atoms with Crippen molar-refractivity contribution in [2.45, 2.75) is 33.6 Å². The Hall–Kier alpha value is -1.32. The number of ether oxygens (including phenoxy) is 1. The van der Waals surface area contributed by atoms with Gasteiger partial charge in [0.05, 0.1) is 0 Å². The molecular formula is C13H22FNO2. The third kappa shape index (κ3) is 11.0. The van der Waals surface area contributed by atoms with Crippen molar-refractivity contribution in [3.05, 3.63) is 23.3 Å². The zero-order valence-corrected chi connectivity index (χ0v) is 10.9. The van der Waals surface area contributed by atoms with Crippen LogP contribution < -0.4 is 5.32 Å². The van der Waals surface area contributed by atoms with Crippen LogP contribution in [-0.2, 0) is 4.74 Å². The van der Waals surface area contributed by atoms with Gasteiger partial charge < -0.3 is 10.1 Å². The van der Waals surface area contributed by atoms with Gasteiger partial charge in [-0.2, -0.15) is 0 Å². The van der Waals surface area contributed by atoms with Gasteiger partial charge in [-0.1, -0.05) is 23.3 Å². The molecule has 0 heterocycles. The fraction of sp³-hybridized carbons (Fsp3) is 0.615. The predicted octanol–water partition coefficient (Wildman–Crippen LogP) is 3.37. The summed E-state index contributed by atoms with van der Waals surface area (Å²) in [6.07, 6.45) is 5.54. The second kappa shape index (κ2) is 9.87. The van der Waals surface area contributed by atoms with Crippen LogP contribution in [0, 0.1) is 0 Å². The standard InChI is InChI=1S/C13H22FNO2/c1-11(2)5-4-6-12(3)7-9-15-13(16)17-10-8-14/h5,7H,4,6,8-10H2,1-3H3,(H,15,16)/b12-7+. The summed E-state index contributed by atoms with van der Waals surface area (Å²) in [6, 6.07) is 0. The Morgan fingerprint density at radius 2 is 2.00 bits per heavy atom. The number of alkyl halides is 1. The smallest absolute Gasteiger partial charge is 0.407 e. The Labute approximate surface area is 103 Å². The first-order chi connectivity index (χ1) is 8.06. The molecule has 0 bridgehead atoms. The Kier molecular flexibility index (Phi) is 9.11. The minimum Gasteiger partial charge on any atom is -0.447 e. The molecule has 0 fully saturated rings. The third-order valence-electron chi connectivity index (χ3n) is 2.10. The second-order valence-corrected chi connectivity index (χ2v) is 4.08. The molecule has 0 radical (unpaired) electrons. The van der Waals surface area contributed by atoms with Crippen LogP contribution in [0.15, 0.2) is 23.3 Å². The lowest BCUT2D eigenvalue weighted by Gasteiger charge is -2.03. The topological polar surface area (TPSA) is 38.3 Å². The van der Waals surface area contributed by atoms with Gasteiger partial charge in [0.15, 0.2) is 0 Å². The van der Waals surface area contributed by atoms with Crippen molar-refractivity contribution in [3.8, 4) is 0 Å². The average molecular weight is 243 g/mol. The van der Waals surface area contributed by atoms with E-state index in [0.717, 1.165) is 12.8 Å². The molecule has 0 saturated heterocycles. The zero-order valence-electron chi connectivity index (χ0n) is 10.9. The molecule has 3 nitrogen and oxygen atoms in total. The van der Waals surface area contributed by atoms with Gasteiger partial charge in [-0.25, -0.2) is 9.18 Å². The Bertz CT molecular complexity index is 281. The highest BCUT2D eigenvalue weighted by Gasteiger charge is 1.98. The van der Waals surface area contributed by atoms with Crippen molar-refractivity contribution >= 4 is 6.09 Å². The fourth-order valence-electron chi connectivity index (χ4n) is 1.18. The normalized spacial score (nSPS) is 10.9. The monoisotopic (exact) mass is 243 g/mol. The molecule has 17 heavy (non-hydrogen) atoms. The van der Waals surface area contributed by atoms with Gasteiger partial charge in [0.1, 0.15) is 13.3 Å². The first kappa shape index (κ1) is 15.7. The van der Waals surface area contributed by atoms with Crippen LogP contribution in [-0.4, -0.2) is 25.9 Å². The van der Waals surface area contributed by atoms with Crippen molar-refractivity contribution < 1.29 is 13.9 Å². The Morgan fingerprint density at radius 3 is 2.59 bits per heavy atom. The first-order valence-electron chi connectivity index (χ1n) is 5.82. The molecule has 0 rings (SSSR count). The van der Waals surface area contributed by atoms with Gasteiger partial charge in [-0.05, 0) is 33.6 Å². The highest BCUT2D eigenvalue weighted by Crippen LogP contribution is 2.05. The molecule has 0 atom stereocenters. The van der Waals surface area contributed by atoms with Crippen LogP contribution >= 0.6 is 0 Å². The van der Waals surface area contributed by atoms with Crippen LogP contribution in [0.4, 0.5) is 9.18 Å². The van der Waals surface area contributed by atoms with Crippen molar-refractivity contribution in [1.82, 2.24) is 5.32 Å². The van der Waals surface area contributed by atoms with Crippen LogP contribution in [0.25, 0.3) is 0 Å². The van der Waals surface area contributed by atoms with Crippen LogP contribution in [0.5, 0.6) is 0 Å². The van der Waals surface area contributed by atoms with Crippen molar-refractivity contribution in [2.24, 2.45) is 0 Å². The summed E-state index contributed by atoms with van der Waals surface area (Å²) < 4.78 is 16.2. The number of alkyl carbamates (subject to hydrolysis) is 1. The average Bonchev–Trinajstić information content (AvgIpc) is 2.25. The van der Waals surface area contributed by atoms with Crippen LogP contribution in [0.2, 0.25) is 0 Å². The summed E-state index contributed by atoms with van der Waals surface area (Å²) in [5, 5.41) is 2.53. The van der Waals surface area contributed by atoms with E-state index in [2.05, 4.69) is 30.0 Å². The van der Waals surface area contributed by atoms with Crippen molar-refractivity contribution in [3.63, 3.8) is 0 Å². The summed E-state index contributed by atoms with van der Waals surface area (Å²) >= 11 is 0. The number of halogens is 1. The number of rotatable bonds is 7. The molecule has 0 aromatic carbocycles. The zero-order chi connectivity index (χ0) is 13.1. The lowest BCUT2D eigenvalue weighted by atomic mass is 10.1. The molecule has 0 saturated carbocycles. The first-order valence-corrected chi connectivity index (χ1v) is 5.82. The van der Waals surface area contributed by atoms with Gasteiger partial charge in [-0.15, -0.1) is 0 Å². The van der Waals surface area contributed by atoms with E-state index in [4.69, 9.17) is 0 Å². The van der Waals surface area contributed by atoms with Gasteiger partial charge in [0.2, 0.25) is 0 Å². The minimum absolute atomic E-state index is 0.185. The Morgan fingerprint density at radius 1 is 1.29 bits per heavy atom. The van der Waals surface area contributed by atoms with E-state index < -0.39 is 12.8 Å². The lowest BCUT2D eigenvalue weighted by Crippen LogP contribution is -2.25. The van der Waals surface area contributed by atoms with Gasteiger partial charge in [0.25, 0.3) is 0 Å². The maximum atomic E-state index is 11.7. The number of carbonyl (C=O) groups is 1. The number of amides is 1. The van der Waals surface area contributed by atoms with E-state index in [1.807, 2.05) is 13.0 Å². The fourth-order valence-corrected chi connectivity index (χ4v) is 1.18. The maximum absolute atomic E-state index is 11.7. The lowest BCUT2D eigenvalue weighted by molar-refractivity contribution is 0.138. The highest BCUT2D eigenvalue weighted by atomic mass is 19.1. The molecule has 1 N–H and O–H groups in total. The minimum atomic E-state index is -0.648. The summed E-state index contributed by atoms with van der Waals surface area (Å²) in [7, 11) is 0. The van der Waals surface area contributed by atoms with Gasteiger partial charge >= 0.3 is 6.09 Å². The van der Waals surface area contributed by atoms with E-state index in [0.29, 0.717) is 6.54 Å².